The standard InChI is InChI=1S/C16H30N2O3S/c1-11(18-22(20)14(5,6)7)15-8-16(9-15,10-15)17-12(19)21-13(2,3)4/h11,18H,8-10H2,1-7H3,(H,17,19)/t11-,15?,16?,22+/m1/s1. The van der Waals surface area contributed by atoms with E-state index in [2.05, 4.69) is 17.0 Å². The van der Waals surface area contributed by atoms with Crippen molar-refractivity contribution in [3.63, 3.8) is 0 Å². The zero-order valence-corrected chi connectivity index (χ0v) is 15.6. The van der Waals surface area contributed by atoms with E-state index in [1.807, 2.05) is 41.5 Å². The molecule has 0 aromatic rings. The third-order valence-electron chi connectivity index (χ3n) is 4.60. The van der Waals surface area contributed by atoms with Crippen LogP contribution in [0.4, 0.5) is 4.79 Å². The predicted molar refractivity (Wildman–Crippen MR) is 88.9 cm³/mol. The largest absolute Gasteiger partial charge is 0.444 e. The van der Waals surface area contributed by atoms with Gasteiger partial charge >= 0.3 is 6.09 Å². The Morgan fingerprint density at radius 1 is 1.14 bits per heavy atom. The van der Waals surface area contributed by atoms with Gasteiger partial charge in [0.15, 0.2) is 0 Å². The van der Waals surface area contributed by atoms with Gasteiger partial charge in [-0.3, -0.25) is 0 Å². The molecule has 2 N–H and O–H groups in total. The SMILES string of the molecule is C[C@@H](N[S@@](=O)C(C)(C)C)C12CC(NC(=O)OC(C)(C)C)(C1)C2. The summed E-state index contributed by atoms with van der Waals surface area (Å²) in [6.07, 6.45) is 2.48. The smallest absolute Gasteiger partial charge is 0.408 e. The summed E-state index contributed by atoms with van der Waals surface area (Å²) < 4.78 is 20.5. The molecule has 5 nitrogen and oxygen atoms in total. The van der Waals surface area contributed by atoms with Gasteiger partial charge in [0.1, 0.15) is 5.60 Å². The zero-order valence-electron chi connectivity index (χ0n) is 14.8. The van der Waals surface area contributed by atoms with Crippen LogP contribution in [0.15, 0.2) is 0 Å². The van der Waals surface area contributed by atoms with E-state index in [0.29, 0.717) is 0 Å². The molecule has 0 heterocycles. The Bertz CT molecular complexity index is 471. The number of amides is 1. The van der Waals surface area contributed by atoms with Gasteiger partial charge in [-0.15, -0.1) is 0 Å². The molecule has 0 spiro atoms. The van der Waals surface area contributed by atoms with Gasteiger partial charge in [-0.2, -0.15) is 0 Å². The van der Waals surface area contributed by atoms with Crippen LogP contribution in [-0.4, -0.2) is 32.2 Å². The molecular formula is C16H30N2O3S. The summed E-state index contributed by atoms with van der Waals surface area (Å²) in [5.74, 6) is 0. The topological polar surface area (TPSA) is 67.4 Å². The number of rotatable bonds is 4. The molecule has 3 aliphatic rings. The number of alkyl carbamates (subject to hydrolysis) is 1. The first-order valence-corrected chi connectivity index (χ1v) is 9.11. The van der Waals surface area contributed by atoms with Crippen LogP contribution in [0, 0.1) is 5.41 Å². The van der Waals surface area contributed by atoms with Crippen LogP contribution in [-0.2, 0) is 15.7 Å². The lowest BCUT2D eigenvalue weighted by Gasteiger charge is -2.72. The first-order valence-electron chi connectivity index (χ1n) is 7.96. The fourth-order valence-corrected chi connectivity index (χ4v) is 4.37. The Morgan fingerprint density at radius 3 is 2.05 bits per heavy atom. The maximum Gasteiger partial charge on any atom is 0.408 e. The van der Waals surface area contributed by atoms with Crippen LogP contribution in [0.3, 0.4) is 0 Å². The molecule has 3 rings (SSSR count). The summed E-state index contributed by atoms with van der Waals surface area (Å²) in [7, 11) is -1.06. The van der Waals surface area contributed by atoms with Crippen LogP contribution >= 0.6 is 0 Å². The molecule has 0 unspecified atom stereocenters. The summed E-state index contributed by atoms with van der Waals surface area (Å²) >= 11 is 0. The Hall–Kier alpha value is -0.620. The molecule has 0 aliphatic heterocycles. The first kappa shape index (κ1) is 17.7. The summed E-state index contributed by atoms with van der Waals surface area (Å²) in [4.78, 5) is 11.9. The molecule has 3 saturated carbocycles. The summed E-state index contributed by atoms with van der Waals surface area (Å²) in [6, 6.07) is 0.190. The average molecular weight is 330 g/mol. The number of carbonyl (C=O) groups excluding carboxylic acids is 1. The van der Waals surface area contributed by atoms with Gasteiger partial charge in [0, 0.05) is 11.6 Å². The van der Waals surface area contributed by atoms with Crippen molar-refractivity contribution in [2.45, 2.75) is 89.7 Å². The number of hydrogen-bond donors (Lipinski definition) is 2. The van der Waals surface area contributed by atoms with Gasteiger partial charge in [-0.05, 0) is 73.1 Å². The Kier molecular flexibility index (Phi) is 4.19. The van der Waals surface area contributed by atoms with E-state index in [4.69, 9.17) is 4.74 Å². The normalized spacial score (nSPS) is 33.2. The molecule has 0 aromatic heterocycles. The average Bonchev–Trinajstić information content (AvgIpc) is 2.16. The lowest BCUT2D eigenvalue weighted by molar-refractivity contribution is -0.165. The van der Waals surface area contributed by atoms with Gasteiger partial charge in [0.25, 0.3) is 0 Å². The van der Waals surface area contributed by atoms with Crippen LogP contribution in [0.5, 0.6) is 0 Å². The third kappa shape index (κ3) is 3.48. The minimum Gasteiger partial charge on any atom is -0.444 e. The van der Waals surface area contributed by atoms with Crippen LogP contribution in [0.1, 0.15) is 67.7 Å². The highest BCUT2D eigenvalue weighted by molar-refractivity contribution is 7.84. The van der Waals surface area contributed by atoms with Gasteiger partial charge in [-0.25, -0.2) is 13.7 Å². The predicted octanol–water partition coefficient (Wildman–Crippen LogP) is 2.87. The van der Waals surface area contributed by atoms with E-state index in [9.17, 15) is 9.00 Å². The summed E-state index contributed by atoms with van der Waals surface area (Å²) in [5.41, 5.74) is -0.388. The van der Waals surface area contributed by atoms with E-state index in [0.717, 1.165) is 19.3 Å². The van der Waals surface area contributed by atoms with E-state index in [1.165, 1.54) is 0 Å². The van der Waals surface area contributed by atoms with Crippen molar-refractivity contribution in [1.29, 1.82) is 0 Å². The van der Waals surface area contributed by atoms with Crippen molar-refractivity contribution in [1.82, 2.24) is 10.0 Å². The third-order valence-corrected chi connectivity index (χ3v) is 6.28. The maximum absolute atomic E-state index is 12.2. The number of nitrogens with one attached hydrogen (secondary N) is 2. The van der Waals surface area contributed by atoms with Gasteiger partial charge in [0.05, 0.1) is 15.7 Å². The van der Waals surface area contributed by atoms with E-state index < -0.39 is 16.6 Å². The molecule has 3 aliphatic carbocycles. The highest BCUT2D eigenvalue weighted by atomic mass is 32.2. The van der Waals surface area contributed by atoms with Crippen LogP contribution < -0.4 is 10.0 Å². The molecule has 22 heavy (non-hydrogen) atoms. The molecule has 2 atom stereocenters. The second-order valence-corrected chi connectivity index (χ2v) is 11.0. The Morgan fingerprint density at radius 2 is 1.64 bits per heavy atom. The molecule has 2 bridgehead atoms. The van der Waals surface area contributed by atoms with Crippen molar-refractivity contribution in [3.05, 3.63) is 0 Å². The van der Waals surface area contributed by atoms with Crippen molar-refractivity contribution < 1.29 is 13.7 Å². The van der Waals surface area contributed by atoms with E-state index in [1.54, 1.807) is 0 Å². The van der Waals surface area contributed by atoms with Gasteiger partial charge in [-0.1, -0.05) is 0 Å². The van der Waals surface area contributed by atoms with E-state index >= 15 is 0 Å². The molecule has 0 radical (unpaired) electrons. The minimum atomic E-state index is -1.06. The van der Waals surface area contributed by atoms with Crippen molar-refractivity contribution in [2.24, 2.45) is 5.41 Å². The summed E-state index contributed by atoms with van der Waals surface area (Å²) in [5, 5.41) is 3.01. The molecule has 3 fully saturated rings. The molecule has 0 saturated heterocycles. The fraction of sp³-hybridized carbons (Fsp3) is 0.938. The monoisotopic (exact) mass is 330 g/mol. The molecular weight excluding hydrogens is 300 g/mol. The highest BCUT2D eigenvalue weighted by Gasteiger charge is 2.70. The number of hydrogen-bond acceptors (Lipinski definition) is 3. The molecule has 6 heteroatoms. The van der Waals surface area contributed by atoms with Gasteiger partial charge < -0.3 is 10.1 Å². The van der Waals surface area contributed by atoms with Crippen molar-refractivity contribution in [2.75, 3.05) is 0 Å². The fourth-order valence-electron chi connectivity index (χ4n) is 3.44. The Balaban J connectivity index is 1.82. The first-order chi connectivity index (χ1) is 9.77. The zero-order chi connectivity index (χ0) is 17.0. The van der Waals surface area contributed by atoms with Gasteiger partial charge in [0.2, 0.25) is 0 Å². The lowest BCUT2D eigenvalue weighted by Crippen LogP contribution is -2.79. The molecule has 0 aromatic carbocycles. The van der Waals surface area contributed by atoms with Crippen molar-refractivity contribution >= 4 is 17.1 Å². The molecule has 128 valence electrons. The van der Waals surface area contributed by atoms with Crippen LogP contribution in [0.25, 0.3) is 0 Å². The molecule has 1 amide bonds. The second-order valence-electron chi connectivity index (χ2n) is 9.02. The maximum atomic E-state index is 12.2. The highest BCUT2D eigenvalue weighted by Crippen LogP contribution is 2.68. The number of carbonyl (C=O) groups is 1. The minimum absolute atomic E-state index is 0.0957. The number of ether oxygens (including phenoxy) is 1. The quantitative estimate of drug-likeness (QED) is 0.833. The van der Waals surface area contributed by atoms with E-state index in [-0.39, 0.29) is 27.8 Å². The van der Waals surface area contributed by atoms with Crippen LogP contribution in [0.2, 0.25) is 0 Å². The van der Waals surface area contributed by atoms with Crippen molar-refractivity contribution in [3.8, 4) is 0 Å². The summed E-state index contributed by atoms with van der Waals surface area (Å²) in [6.45, 7) is 13.6. The second kappa shape index (κ2) is 5.20. The lowest BCUT2D eigenvalue weighted by atomic mass is 9.37. The Labute approximate surface area is 136 Å².